The number of halogens is 1. The third-order valence-corrected chi connectivity index (χ3v) is 4.05. The molecule has 4 N–H and O–H groups in total. The summed E-state index contributed by atoms with van der Waals surface area (Å²) in [7, 11) is 0. The van der Waals surface area contributed by atoms with E-state index < -0.39 is 6.10 Å². The maximum Gasteiger partial charge on any atom is 0.0818 e. The highest BCUT2D eigenvalue weighted by atomic mass is 127. The largest absolute Gasteiger partial charge is 0.390 e. The van der Waals surface area contributed by atoms with Crippen molar-refractivity contribution in [2.45, 2.75) is 25.1 Å². The SMILES string of the molecule is N[C@@H](Cc1ccccc1)[C@H](O)CNCc1cccc(I)c1. The van der Waals surface area contributed by atoms with E-state index in [1.54, 1.807) is 0 Å². The Morgan fingerprint density at radius 2 is 1.76 bits per heavy atom. The van der Waals surface area contributed by atoms with Gasteiger partial charge < -0.3 is 16.2 Å². The zero-order valence-electron chi connectivity index (χ0n) is 11.9. The van der Waals surface area contributed by atoms with E-state index in [1.807, 2.05) is 36.4 Å². The van der Waals surface area contributed by atoms with E-state index in [-0.39, 0.29) is 6.04 Å². The molecular formula is C17H21IN2O. The molecule has 0 radical (unpaired) electrons. The molecule has 0 bridgehead atoms. The quantitative estimate of drug-likeness (QED) is 0.630. The molecule has 2 aromatic carbocycles. The summed E-state index contributed by atoms with van der Waals surface area (Å²) in [5.74, 6) is 0. The Balaban J connectivity index is 1.75. The molecule has 0 aliphatic rings. The fraction of sp³-hybridized carbons (Fsp3) is 0.294. The van der Waals surface area contributed by atoms with E-state index in [4.69, 9.17) is 5.73 Å². The average molecular weight is 396 g/mol. The van der Waals surface area contributed by atoms with Crippen LogP contribution in [0.25, 0.3) is 0 Å². The van der Waals surface area contributed by atoms with Crippen molar-refractivity contribution < 1.29 is 5.11 Å². The minimum atomic E-state index is -0.548. The van der Waals surface area contributed by atoms with E-state index in [0.717, 1.165) is 12.1 Å². The minimum Gasteiger partial charge on any atom is -0.390 e. The second-order valence-electron chi connectivity index (χ2n) is 5.18. The number of nitrogens with two attached hydrogens (primary N) is 1. The zero-order valence-corrected chi connectivity index (χ0v) is 14.0. The number of hydrogen-bond acceptors (Lipinski definition) is 3. The van der Waals surface area contributed by atoms with E-state index in [2.05, 4.69) is 46.1 Å². The molecule has 3 nitrogen and oxygen atoms in total. The summed E-state index contributed by atoms with van der Waals surface area (Å²) in [6.07, 6.45) is 0.139. The van der Waals surface area contributed by atoms with E-state index >= 15 is 0 Å². The van der Waals surface area contributed by atoms with Gasteiger partial charge in [-0.25, -0.2) is 0 Å². The third kappa shape index (κ3) is 5.74. The summed E-state index contributed by atoms with van der Waals surface area (Å²) in [6, 6.07) is 18.1. The molecule has 0 unspecified atom stereocenters. The van der Waals surface area contributed by atoms with Crippen molar-refractivity contribution in [1.29, 1.82) is 0 Å². The van der Waals surface area contributed by atoms with E-state index in [9.17, 15) is 5.11 Å². The lowest BCUT2D eigenvalue weighted by Gasteiger charge is -2.19. The topological polar surface area (TPSA) is 58.3 Å². The molecular weight excluding hydrogens is 375 g/mol. The van der Waals surface area contributed by atoms with Gasteiger partial charge in [-0.15, -0.1) is 0 Å². The summed E-state index contributed by atoms with van der Waals surface area (Å²) >= 11 is 2.30. The number of rotatable bonds is 7. The predicted molar refractivity (Wildman–Crippen MR) is 95.0 cm³/mol. The highest BCUT2D eigenvalue weighted by molar-refractivity contribution is 14.1. The van der Waals surface area contributed by atoms with E-state index in [1.165, 1.54) is 9.13 Å². The molecule has 0 aliphatic carbocycles. The maximum absolute atomic E-state index is 10.1. The van der Waals surface area contributed by atoms with Crippen molar-refractivity contribution >= 4 is 22.6 Å². The van der Waals surface area contributed by atoms with Crippen molar-refractivity contribution in [1.82, 2.24) is 5.32 Å². The standard InChI is InChI=1S/C17H21IN2O/c18-15-8-4-7-14(9-15)11-20-12-17(21)16(19)10-13-5-2-1-3-6-13/h1-9,16-17,20-21H,10-12,19H2/t16-,17+/m0/s1. The molecule has 2 atom stereocenters. The Kier molecular flexibility index (Phi) is 6.63. The Labute approximate surface area is 139 Å². The van der Waals surface area contributed by atoms with Gasteiger partial charge in [-0.1, -0.05) is 42.5 Å². The average Bonchev–Trinajstić information content (AvgIpc) is 2.48. The normalized spacial score (nSPS) is 13.9. The lowest BCUT2D eigenvalue weighted by Crippen LogP contribution is -2.42. The molecule has 0 aromatic heterocycles. The Bertz CT molecular complexity index is 547. The van der Waals surface area contributed by atoms with Crippen LogP contribution in [0.2, 0.25) is 0 Å². The van der Waals surface area contributed by atoms with Crippen LogP contribution in [0.4, 0.5) is 0 Å². The van der Waals surface area contributed by atoms with Crippen LogP contribution < -0.4 is 11.1 Å². The molecule has 0 amide bonds. The predicted octanol–water partition coefficient (Wildman–Crippen LogP) is 2.31. The Hall–Kier alpha value is -0.950. The first-order chi connectivity index (χ1) is 10.1. The van der Waals surface area contributed by atoms with Crippen molar-refractivity contribution in [3.8, 4) is 0 Å². The van der Waals surface area contributed by atoms with Crippen molar-refractivity contribution in [2.75, 3.05) is 6.54 Å². The molecule has 0 heterocycles. The molecule has 0 spiro atoms. The minimum absolute atomic E-state index is 0.254. The fourth-order valence-electron chi connectivity index (χ4n) is 2.18. The highest BCUT2D eigenvalue weighted by Crippen LogP contribution is 2.08. The van der Waals surface area contributed by atoms with Crippen molar-refractivity contribution in [3.63, 3.8) is 0 Å². The van der Waals surface area contributed by atoms with Gasteiger partial charge in [0.15, 0.2) is 0 Å². The van der Waals surface area contributed by atoms with Crippen LogP contribution in [-0.4, -0.2) is 23.8 Å². The summed E-state index contributed by atoms with van der Waals surface area (Å²) in [5, 5.41) is 13.4. The molecule has 0 saturated carbocycles. The second-order valence-corrected chi connectivity index (χ2v) is 6.43. The number of aliphatic hydroxyl groups is 1. The van der Waals surface area contributed by atoms with Gasteiger partial charge in [-0.3, -0.25) is 0 Å². The van der Waals surface area contributed by atoms with Crippen LogP contribution in [0.1, 0.15) is 11.1 Å². The van der Waals surface area contributed by atoms with Gasteiger partial charge in [0, 0.05) is 22.7 Å². The zero-order chi connectivity index (χ0) is 15.1. The van der Waals surface area contributed by atoms with Crippen LogP contribution in [0.3, 0.4) is 0 Å². The smallest absolute Gasteiger partial charge is 0.0818 e. The lowest BCUT2D eigenvalue weighted by atomic mass is 10.0. The van der Waals surface area contributed by atoms with Crippen molar-refractivity contribution in [2.24, 2.45) is 5.73 Å². The molecule has 2 rings (SSSR count). The van der Waals surface area contributed by atoms with Crippen molar-refractivity contribution in [3.05, 3.63) is 69.3 Å². The maximum atomic E-state index is 10.1. The van der Waals surface area contributed by atoms with Gasteiger partial charge in [0.05, 0.1) is 6.10 Å². The van der Waals surface area contributed by atoms with Gasteiger partial charge >= 0.3 is 0 Å². The van der Waals surface area contributed by atoms with Gasteiger partial charge in [0.25, 0.3) is 0 Å². The monoisotopic (exact) mass is 396 g/mol. The first-order valence-electron chi connectivity index (χ1n) is 7.08. The molecule has 2 aromatic rings. The molecule has 0 fully saturated rings. The van der Waals surface area contributed by atoms with Crippen LogP contribution in [0, 0.1) is 3.57 Å². The van der Waals surface area contributed by atoms with Gasteiger partial charge in [0.1, 0.15) is 0 Å². The molecule has 112 valence electrons. The summed E-state index contributed by atoms with van der Waals surface area (Å²) in [4.78, 5) is 0. The first-order valence-corrected chi connectivity index (χ1v) is 8.16. The molecule has 0 aliphatic heterocycles. The number of aliphatic hydroxyl groups excluding tert-OH is 1. The molecule has 0 saturated heterocycles. The number of benzene rings is 2. The van der Waals surface area contributed by atoms with Gasteiger partial charge in [-0.05, 0) is 52.3 Å². The highest BCUT2D eigenvalue weighted by Gasteiger charge is 2.14. The van der Waals surface area contributed by atoms with Gasteiger partial charge in [-0.2, -0.15) is 0 Å². The van der Waals surface area contributed by atoms with Crippen LogP contribution in [0.15, 0.2) is 54.6 Å². The number of hydrogen-bond donors (Lipinski definition) is 3. The molecule has 4 heteroatoms. The number of nitrogens with one attached hydrogen (secondary N) is 1. The van der Waals surface area contributed by atoms with Gasteiger partial charge in [0.2, 0.25) is 0 Å². The third-order valence-electron chi connectivity index (χ3n) is 3.38. The Morgan fingerprint density at radius 3 is 2.48 bits per heavy atom. The summed E-state index contributed by atoms with van der Waals surface area (Å²) in [5.41, 5.74) is 8.43. The van der Waals surface area contributed by atoms with E-state index in [0.29, 0.717) is 13.0 Å². The van der Waals surface area contributed by atoms with Crippen LogP contribution in [0.5, 0.6) is 0 Å². The fourth-order valence-corrected chi connectivity index (χ4v) is 2.79. The lowest BCUT2D eigenvalue weighted by molar-refractivity contribution is 0.141. The Morgan fingerprint density at radius 1 is 1.05 bits per heavy atom. The first kappa shape index (κ1) is 16.4. The summed E-state index contributed by atoms with van der Waals surface area (Å²) in [6.45, 7) is 1.24. The second kappa shape index (κ2) is 8.48. The van der Waals surface area contributed by atoms with Crippen LogP contribution >= 0.6 is 22.6 Å². The summed E-state index contributed by atoms with van der Waals surface area (Å²) < 4.78 is 1.22. The molecule has 21 heavy (non-hydrogen) atoms. The van der Waals surface area contributed by atoms with Crippen LogP contribution in [-0.2, 0) is 13.0 Å².